The van der Waals surface area contributed by atoms with Gasteiger partial charge in [0.05, 0.1) is 0 Å². The first kappa shape index (κ1) is 9.40. The Morgan fingerprint density at radius 3 is 2.17 bits per heavy atom. The van der Waals surface area contributed by atoms with E-state index in [1.165, 1.54) is 0 Å². The Morgan fingerprint density at radius 1 is 1.17 bits per heavy atom. The van der Waals surface area contributed by atoms with Crippen molar-refractivity contribution >= 4 is 5.71 Å². The van der Waals surface area contributed by atoms with Gasteiger partial charge in [-0.15, -0.1) is 0 Å². The highest BCUT2D eigenvalue weighted by molar-refractivity contribution is 5.92. The predicted molar refractivity (Wildman–Crippen MR) is 37.4 cm³/mol. The summed E-state index contributed by atoms with van der Waals surface area (Å²) in [6, 6.07) is 0. The van der Waals surface area contributed by atoms with E-state index in [4.69, 9.17) is 25.6 Å². The quantitative estimate of drug-likeness (QED) is 0.173. The monoisotopic (exact) mass is 177 g/mol. The van der Waals surface area contributed by atoms with E-state index >= 15 is 0 Å². The molecule has 0 aromatic heterocycles. The van der Waals surface area contributed by atoms with Gasteiger partial charge in [-0.05, 0) is 12.8 Å². The third kappa shape index (κ3) is 1.18. The van der Waals surface area contributed by atoms with Crippen LogP contribution in [-0.4, -0.2) is 42.9 Å². The molecule has 1 rings (SSSR count). The average Bonchev–Trinajstić information content (AvgIpc) is 1.95. The van der Waals surface area contributed by atoms with E-state index in [0.29, 0.717) is 6.42 Å². The van der Waals surface area contributed by atoms with E-state index in [9.17, 15) is 0 Å². The fourth-order valence-corrected chi connectivity index (χ4v) is 1.20. The molecule has 0 saturated heterocycles. The van der Waals surface area contributed by atoms with Gasteiger partial charge in [-0.2, -0.15) is 0 Å². The summed E-state index contributed by atoms with van der Waals surface area (Å²) in [4.78, 5) is 0. The van der Waals surface area contributed by atoms with Crippen molar-refractivity contribution in [1.29, 1.82) is 0 Å². The second kappa shape index (κ2) is 2.67. The van der Waals surface area contributed by atoms with Crippen LogP contribution in [0.2, 0.25) is 0 Å². The SMILES string of the molecule is ON=C1CCCC(O)(O)C1(O)O. The van der Waals surface area contributed by atoms with Gasteiger partial charge in [0.25, 0.3) is 5.79 Å². The largest absolute Gasteiger partial charge is 0.411 e. The first-order valence-electron chi connectivity index (χ1n) is 3.53. The number of hydrogen-bond donors (Lipinski definition) is 5. The molecule has 0 unspecified atom stereocenters. The van der Waals surface area contributed by atoms with Crippen molar-refractivity contribution in [2.75, 3.05) is 0 Å². The Labute approximate surface area is 68.4 Å². The highest BCUT2D eigenvalue weighted by Gasteiger charge is 2.53. The van der Waals surface area contributed by atoms with Crippen LogP contribution in [0.15, 0.2) is 5.16 Å². The van der Waals surface area contributed by atoms with E-state index in [-0.39, 0.29) is 12.8 Å². The lowest BCUT2D eigenvalue weighted by Crippen LogP contribution is -2.61. The second-order valence-electron chi connectivity index (χ2n) is 2.89. The van der Waals surface area contributed by atoms with Crippen LogP contribution in [-0.2, 0) is 0 Å². The molecule has 5 N–H and O–H groups in total. The molecule has 0 aromatic carbocycles. The summed E-state index contributed by atoms with van der Waals surface area (Å²) in [6.07, 6.45) is 0.292. The van der Waals surface area contributed by atoms with Crippen molar-refractivity contribution in [2.24, 2.45) is 5.16 Å². The molecule has 0 atom stereocenters. The lowest BCUT2D eigenvalue weighted by molar-refractivity contribution is -0.330. The fourth-order valence-electron chi connectivity index (χ4n) is 1.20. The fraction of sp³-hybridized carbons (Fsp3) is 0.833. The van der Waals surface area contributed by atoms with Gasteiger partial charge in [0.15, 0.2) is 0 Å². The van der Waals surface area contributed by atoms with Crippen molar-refractivity contribution in [3.63, 3.8) is 0 Å². The zero-order valence-electron chi connectivity index (χ0n) is 6.30. The normalized spacial score (nSPS) is 30.5. The Hall–Kier alpha value is -0.690. The van der Waals surface area contributed by atoms with Crippen molar-refractivity contribution in [3.8, 4) is 0 Å². The summed E-state index contributed by atoms with van der Waals surface area (Å²) in [5.41, 5.74) is -0.432. The summed E-state index contributed by atoms with van der Waals surface area (Å²) in [5, 5.41) is 47.3. The molecule has 0 radical (unpaired) electrons. The Kier molecular flexibility index (Phi) is 2.09. The second-order valence-corrected chi connectivity index (χ2v) is 2.89. The summed E-state index contributed by atoms with van der Waals surface area (Å²) >= 11 is 0. The molecule has 12 heavy (non-hydrogen) atoms. The van der Waals surface area contributed by atoms with Gasteiger partial charge in [0.1, 0.15) is 5.71 Å². The van der Waals surface area contributed by atoms with Crippen LogP contribution in [0.1, 0.15) is 19.3 Å². The number of rotatable bonds is 0. The van der Waals surface area contributed by atoms with E-state index in [1.807, 2.05) is 0 Å². The highest BCUT2D eigenvalue weighted by Crippen LogP contribution is 2.31. The maximum Gasteiger partial charge on any atom is 0.262 e. The van der Waals surface area contributed by atoms with Crippen molar-refractivity contribution in [1.82, 2.24) is 0 Å². The molecule has 1 aliphatic carbocycles. The van der Waals surface area contributed by atoms with Crippen molar-refractivity contribution < 1.29 is 25.6 Å². The third-order valence-electron chi connectivity index (χ3n) is 2.02. The molecule has 0 amide bonds. The smallest absolute Gasteiger partial charge is 0.262 e. The van der Waals surface area contributed by atoms with Gasteiger partial charge in [-0.1, -0.05) is 5.16 Å². The molecule has 6 nitrogen and oxygen atoms in total. The summed E-state index contributed by atoms with van der Waals surface area (Å²) in [7, 11) is 0. The van der Waals surface area contributed by atoms with E-state index in [1.54, 1.807) is 0 Å². The molecular weight excluding hydrogens is 166 g/mol. The standard InChI is InChI=1S/C6H11NO5/c8-5(9)3-1-2-4(7-12)6(5,10)11/h8-12H,1-3H2. The molecule has 0 heterocycles. The van der Waals surface area contributed by atoms with Crippen LogP contribution >= 0.6 is 0 Å². The summed E-state index contributed by atoms with van der Waals surface area (Å²) in [6.45, 7) is 0. The van der Waals surface area contributed by atoms with Crippen LogP contribution in [0, 0.1) is 0 Å². The van der Waals surface area contributed by atoms with Crippen LogP contribution in [0.3, 0.4) is 0 Å². The zero-order valence-corrected chi connectivity index (χ0v) is 6.30. The Morgan fingerprint density at radius 2 is 1.75 bits per heavy atom. The Bertz CT molecular complexity index is 210. The van der Waals surface area contributed by atoms with Crippen molar-refractivity contribution in [3.05, 3.63) is 0 Å². The van der Waals surface area contributed by atoms with Gasteiger partial charge in [-0.25, -0.2) is 0 Å². The van der Waals surface area contributed by atoms with Gasteiger partial charge in [-0.3, -0.25) is 0 Å². The van der Waals surface area contributed by atoms with Gasteiger partial charge in [0, 0.05) is 6.42 Å². The van der Waals surface area contributed by atoms with E-state index < -0.39 is 17.3 Å². The maximum atomic E-state index is 9.13. The number of aliphatic hydroxyl groups is 4. The average molecular weight is 177 g/mol. The molecule has 0 aliphatic heterocycles. The first-order valence-corrected chi connectivity index (χ1v) is 3.53. The Balaban J connectivity index is 2.98. The number of nitrogens with zero attached hydrogens (tertiary/aromatic N) is 1. The van der Waals surface area contributed by atoms with Gasteiger partial charge >= 0.3 is 0 Å². The molecule has 1 saturated carbocycles. The minimum atomic E-state index is -2.85. The van der Waals surface area contributed by atoms with E-state index in [2.05, 4.69) is 5.16 Å². The minimum Gasteiger partial charge on any atom is -0.411 e. The van der Waals surface area contributed by atoms with Crippen molar-refractivity contribution in [2.45, 2.75) is 30.8 Å². The lowest BCUT2D eigenvalue weighted by Gasteiger charge is -2.38. The summed E-state index contributed by atoms with van der Waals surface area (Å²) in [5.74, 6) is -5.48. The topological polar surface area (TPSA) is 114 Å². The van der Waals surface area contributed by atoms with Crippen LogP contribution in [0.5, 0.6) is 0 Å². The lowest BCUT2D eigenvalue weighted by atomic mass is 9.86. The molecule has 0 spiro atoms. The third-order valence-corrected chi connectivity index (χ3v) is 2.02. The van der Waals surface area contributed by atoms with Gasteiger partial charge in [0.2, 0.25) is 5.79 Å². The minimum absolute atomic E-state index is 0.131. The molecule has 70 valence electrons. The maximum absolute atomic E-state index is 9.13. The van der Waals surface area contributed by atoms with Gasteiger partial charge < -0.3 is 25.6 Å². The molecule has 6 heteroatoms. The van der Waals surface area contributed by atoms with Crippen LogP contribution in [0.4, 0.5) is 0 Å². The molecule has 0 aromatic rings. The summed E-state index contributed by atoms with van der Waals surface area (Å²) < 4.78 is 0. The van der Waals surface area contributed by atoms with Crippen LogP contribution < -0.4 is 0 Å². The molecule has 1 aliphatic rings. The first-order chi connectivity index (χ1) is 5.42. The van der Waals surface area contributed by atoms with Crippen LogP contribution in [0.25, 0.3) is 0 Å². The number of oxime groups is 1. The molecular formula is C6H11NO5. The van der Waals surface area contributed by atoms with E-state index in [0.717, 1.165) is 0 Å². The molecule has 0 bridgehead atoms. The predicted octanol–water partition coefficient (Wildman–Crippen LogP) is -1.64. The molecule has 1 fully saturated rings. The zero-order chi connectivity index (χ0) is 9.41. The highest BCUT2D eigenvalue weighted by atomic mass is 16.6. The number of hydrogen-bond acceptors (Lipinski definition) is 6.